The van der Waals surface area contributed by atoms with E-state index in [-0.39, 0.29) is 18.4 Å². The van der Waals surface area contributed by atoms with Gasteiger partial charge in [0, 0.05) is 17.5 Å². The topological polar surface area (TPSA) is 35.5 Å². The van der Waals surface area contributed by atoms with Crippen molar-refractivity contribution in [2.24, 2.45) is 0 Å². The van der Waals surface area contributed by atoms with Gasteiger partial charge in [-0.2, -0.15) is 0 Å². The molecule has 0 N–H and O–H groups in total. The minimum Gasteiger partial charge on any atom is -0.488 e. The summed E-state index contributed by atoms with van der Waals surface area (Å²) < 4.78 is 24.8. The Kier molecular flexibility index (Phi) is 6.27. The number of carbonyl (C=O) groups is 1. The summed E-state index contributed by atoms with van der Waals surface area (Å²) in [6, 6.07) is 26.9. The van der Waals surface area contributed by atoms with Gasteiger partial charge in [0.1, 0.15) is 18.2 Å². The maximum atomic E-state index is 14.0. The van der Waals surface area contributed by atoms with Crippen molar-refractivity contribution in [3.63, 3.8) is 0 Å². The molecule has 0 aromatic heterocycles. The highest BCUT2D eigenvalue weighted by atomic mass is 19.1. The van der Waals surface area contributed by atoms with Crippen LogP contribution in [0.1, 0.15) is 17.5 Å². The number of aryl methyl sites for hydroxylation is 1. The van der Waals surface area contributed by atoms with Crippen LogP contribution in [0.5, 0.6) is 5.75 Å². The molecule has 4 rings (SSSR count). The smallest absolute Gasteiger partial charge is 0.305 e. The molecule has 4 aromatic carbocycles. The van der Waals surface area contributed by atoms with Gasteiger partial charge in [-0.3, -0.25) is 4.79 Å². The highest BCUT2D eigenvalue weighted by molar-refractivity contribution is 5.88. The summed E-state index contributed by atoms with van der Waals surface area (Å²) in [6.07, 6.45) is 0.879. The molecular formula is C27H23FO3. The number of hydrogen-bond acceptors (Lipinski definition) is 3. The van der Waals surface area contributed by atoms with E-state index >= 15 is 0 Å². The number of hydrogen-bond donors (Lipinski definition) is 0. The highest BCUT2D eigenvalue weighted by Gasteiger charge is 2.12. The summed E-state index contributed by atoms with van der Waals surface area (Å²) in [5, 5.41) is 2.28. The van der Waals surface area contributed by atoms with Crippen molar-refractivity contribution in [2.45, 2.75) is 19.4 Å². The molecule has 0 heterocycles. The summed E-state index contributed by atoms with van der Waals surface area (Å²) in [5.74, 6) is 0.136. The van der Waals surface area contributed by atoms with E-state index in [1.54, 1.807) is 18.2 Å². The van der Waals surface area contributed by atoms with Gasteiger partial charge >= 0.3 is 5.97 Å². The van der Waals surface area contributed by atoms with Crippen molar-refractivity contribution in [2.75, 3.05) is 7.11 Å². The van der Waals surface area contributed by atoms with E-state index < -0.39 is 0 Å². The molecule has 4 aromatic rings. The van der Waals surface area contributed by atoms with Gasteiger partial charge in [-0.05, 0) is 52.6 Å². The zero-order valence-electron chi connectivity index (χ0n) is 17.3. The second-order valence-corrected chi connectivity index (χ2v) is 7.35. The number of halogens is 1. The van der Waals surface area contributed by atoms with Crippen LogP contribution in [0.2, 0.25) is 0 Å². The van der Waals surface area contributed by atoms with Crippen molar-refractivity contribution in [1.29, 1.82) is 0 Å². The minimum absolute atomic E-state index is 0.134. The lowest BCUT2D eigenvalue weighted by Gasteiger charge is -2.15. The second kappa shape index (κ2) is 9.43. The van der Waals surface area contributed by atoms with Gasteiger partial charge in [0.25, 0.3) is 0 Å². The van der Waals surface area contributed by atoms with Crippen LogP contribution in [-0.4, -0.2) is 13.1 Å². The first-order valence-electron chi connectivity index (χ1n) is 10.2. The van der Waals surface area contributed by atoms with Crippen LogP contribution in [0.4, 0.5) is 4.39 Å². The Labute approximate surface area is 181 Å². The molecule has 0 aliphatic carbocycles. The van der Waals surface area contributed by atoms with Gasteiger partial charge in [-0.15, -0.1) is 0 Å². The highest BCUT2D eigenvalue weighted by Crippen LogP contribution is 2.34. The molecule has 0 saturated heterocycles. The summed E-state index contributed by atoms with van der Waals surface area (Å²) in [6.45, 7) is 0.134. The Bertz CT molecular complexity index is 1220. The van der Waals surface area contributed by atoms with Gasteiger partial charge in [0.05, 0.1) is 7.11 Å². The second-order valence-electron chi connectivity index (χ2n) is 7.35. The summed E-state index contributed by atoms with van der Waals surface area (Å²) in [7, 11) is 1.39. The number of carbonyl (C=O) groups excluding carboxylic acids is 1. The zero-order valence-corrected chi connectivity index (χ0v) is 17.3. The molecule has 156 valence electrons. The zero-order chi connectivity index (χ0) is 21.6. The lowest BCUT2D eigenvalue weighted by Crippen LogP contribution is -2.03. The van der Waals surface area contributed by atoms with Gasteiger partial charge in [-0.1, -0.05) is 60.7 Å². The maximum absolute atomic E-state index is 14.0. The van der Waals surface area contributed by atoms with Gasteiger partial charge in [0.2, 0.25) is 0 Å². The van der Waals surface area contributed by atoms with E-state index in [1.807, 2.05) is 30.3 Å². The Morgan fingerprint density at radius 2 is 1.65 bits per heavy atom. The predicted octanol–water partition coefficient (Wildman–Crippen LogP) is 6.33. The molecule has 0 radical (unpaired) electrons. The molecule has 0 bridgehead atoms. The van der Waals surface area contributed by atoms with Crippen LogP contribution in [0.15, 0.2) is 84.9 Å². The largest absolute Gasteiger partial charge is 0.488 e. The molecule has 0 spiro atoms. The summed E-state index contributed by atoms with van der Waals surface area (Å²) in [5.41, 5.74) is 3.42. The van der Waals surface area contributed by atoms with Crippen LogP contribution in [0.25, 0.3) is 21.9 Å². The number of methoxy groups -OCH3 is 1. The van der Waals surface area contributed by atoms with Crippen molar-refractivity contribution in [1.82, 2.24) is 0 Å². The molecular weight excluding hydrogens is 391 g/mol. The SMILES string of the molecule is COC(=O)CCc1ccc(OCc2ccccc2F)c(-c2ccc3ccccc3c2)c1. The van der Waals surface area contributed by atoms with Crippen LogP contribution in [0, 0.1) is 5.82 Å². The van der Waals surface area contributed by atoms with E-state index in [2.05, 4.69) is 30.3 Å². The molecule has 0 atom stereocenters. The predicted molar refractivity (Wildman–Crippen MR) is 120 cm³/mol. The molecule has 0 fully saturated rings. The summed E-state index contributed by atoms with van der Waals surface area (Å²) >= 11 is 0. The Morgan fingerprint density at radius 1 is 0.871 bits per heavy atom. The maximum Gasteiger partial charge on any atom is 0.305 e. The number of ether oxygens (including phenoxy) is 2. The van der Waals surface area contributed by atoms with Crippen LogP contribution < -0.4 is 4.74 Å². The first-order chi connectivity index (χ1) is 15.1. The van der Waals surface area contributed by atoms with E-state index in [9.17, 15) is 9.18 Å². The van der Waals surface area contributed by atoms with Crippen molar-refractivity contribution in [3.8, 4) is 16.9 Å². The fourth-order valence-electron chi connectivity index (χ4n) is 3.56. The standard InChI is InChI=1S/C27H23FO3/c1-30-27(29)15-11-19-10-14-26(31-18-23-8-4-5-9-25(23)28)24(16-19)22-13-12-20-6-2-3-7-21(20)17-22/h2-10,12-14,16-17H,11,15,18H2,1H3. The average Bonchev–Trinajstić information content (AvgIpc) is 2.82. The van der Waals surface area contributed by atoms with E-state index in [4.69, 9.17) is 9.47 Å². The van der Waals surface area contributed by atoms with Crippen LogP contribution in [-0.2, 0) is 22.6 Å². The Balaban J connectivity index is 1.68. The molecule has 0 unspecified atom stereocenters. The molecule has 0 saturated carbocycles. The number of rotatable bonds is 7. The normalized spacial score (nSPS) is 10.8. The average molecular weight is 414 g/mol. The van der Waals surface area contributed by atoms with E-state index in [0.29, 0.717) is 24.2 Å². The first kappa shape index (κ1) is 20.6. The Hall–Kier alpha value is -3.66. The monoisotopic (exact) mass is 414 g/mol. The van der Waals surface area contributed by atoms with E-state index in [0.717, 1.165) is 27.5 Å². The lowest BCUT2D eigenvalue weighted by atomic mass is 9.97. The number of fused-ring (bicyclic) bond motifs is 1. The minimum atomic E-state index is -0.288. The molecule has 31 heavy (non-hydrogen) atoms. The lowest BCUT2D eigenvalue weighted by molar-refractivity contribution is -0.140. The molecule has 0 aliphatic rings. The van der Waals surface area contributed by atoms with Gasteiger partial charge in [-0.25, -0.2) is 4.39 Å². The Morgan fingerprint density at radius 3 is 2.45 bits per heavy atom. The van der Waals surface area contributed by atoms with Gasteiger partial charge in [0.15, 0.2) is 0 Å². The molecule has 0 amide bonds. The number of esters is 1. The third kappa shape index (κ3) is 4.92. The van der Waals surface area contributed by atoms with Crippen LogP contribution in [0.3, 0.4) is 0 Å². The van der Waals surface area contributed by atoms with Gasteiger partial charge < -0.3 is 9.47 Å². The van der Waals surface area contributed by atoms with Crippen LogP contribution >= 0.6 is 0 Å². The van der Waals surface area contributed by atoms with Crippen molar-refractivity contribution >= 4 is 16.7 Å². The third-order valence-corrected chi connectivity index (χ3v) is 5.29. The number of benzene rings is 4. The molecule has 4 heteroatoms. The molecule has 3 nitrogen and oxygen atoms in total. The summed E-state index contributed by atoms with van der Waals surface area (Å²) in [4.78, 5) is 11.6. The fourth-order valence-corrected chi connectivity index (χ4v) is 3.56. The first-order valence-corrected chi connectivity index (χ1v) is 10.2. The molecule has 0 aliphatic heterocycles. The fraction of sp³-hybridized carbons (Fsp3) is 0.148. The quantitative estimate of drug-likeness (QED) is 0.332. The van der Waals surface area contributed by atoms with Crippen molar-refractivity contribution < 1.29 is 18.7 Å². The van der Waals surface area contributed by atoms with Crippen molar-refractivity contribution in [3.05, 3.63) is 102 Å². The van der Waals surface area contributed by atoms with E-state index in [1.165, 1.54) is 13.2 Å². The third-order valence-electron chi connectivity index (χ3n) is 5.29.